The molecule has 0 saturated heterocycles. The van der Waals surface area contributed by atoms with Crippen LogP contribution in [0.4, 0.5) is 0 Å². The van der Waals surface area contributed by atoms with Crippen molar-refractivity contribution in [2.75, 3.05) is 0 Å². The Morgan fingerprint density at radius 1 is 0.180 bits per heavy atom. The van der Waals surface area contributed by atoms with Crippen molar-refractivity contribution in [2.45, 2.75) is 0 Å². The molecule has 0 aliphatic heterocycles. The summed E-state index contributed by atoms with van der Waals surface area (Å²) in [5.74, 6) is 0. The molecule has 0 radical (unpaired) electrons. The molecule has 0 nitrogen and oxygen atoms in total. The van der Waals surface area contributed by atoms with E-state index < -0.39 is 0 Å². The van der Waals surface area contributed by atoms with Crippen LogP contribution in [0, 0.1) is 0 Å². The molecule has 0 heteroatoms. The molecule has 0 saturated carbocycles. The molecule has 0 amide bonds. The van der Waals surface area contributed by atoms with Gasteiger partial charge >= 0.3 is 0 Å². The summed E-state index contributed by atoms with van der Waals surface area (Å²) in [4.78, 5) is 0. The lowest BCUT2D eigenvalue weighted by Gasteiger charge is -2.18. The fraction of sp³-hybridized carbons (Fsp3) is 0. The van der Waals surface area contributed by atoms with Gasteiger partial charge in [-0.3, -0.25) is 0 Å². The lowest BCUT2D eigenvalue weighted by Crippen LogP contribution is -1.91. The van der Waals surface area contributed by atoms with E-state index >= 15 is 0 Å². The average Bonchev–Trinajstić information content (AvgIpc) is 3.21. The second kappa shape index (κ2) is 12.8. The van der Waals surface area contributed by atoms with E-state index in [1.165, 1.54) is 88.3 Å². The van der Waals surface area contributed by atoms with Crippen molar-refractivity contribution in [2.24, 2.45) is 0 Å². The summed E-state index contributed by atoms with van der Waals surface area (Å²) < 4.78 is 0. The Hall–Kier alpha value is -6.50. The molecule has 50 heavy (non-hydrogen) atoms. The summed E-state index contributed by atoms with van der Waals surface area (Å²) in [5, 5.41) is 5.02. The first kappa shape index (κ1) is 29.6. The van der Waals surface area contributed by atoms with Gasteiger partial charge in [-0.1, -0.05) is 200 Å². The van der Waals surface area contributed by atoms with Gasteiger partial charge < -0.3 is 0 Å². The van der Waals surface area contributed by atoms with Crippen LogP contribution in [0.15, 0.2) is 206 Å². The molecule has 0 spiro atoms. The van der Waals surface area contributed by atoms with Crippen LogP contribution in [0.25, 0.3) is 88.3 Å². The number of hydrogen-bond donors (Lipinski definition) is 0. The van der Waals surface area contributed by atoms with Gasteiger partial charge in [-0.25, -0.2) is 0 Å². The second-order valence-corrected chi connectivity index (χ2v) is 12.9. The van der Waals surface area contributed by atoms with Crippen molar-refractivity contribution in [1.29, 1.82) is 0 Å². The highest BCUT2D eigenvalue weighted by Gasteiger charge is 2.16. The van der Waals surface area contributed by atoms with Crippen LogP contribution in [0.3, 0.4) is 0 Å². The largest absolute Gasteiger partial charge is 0.0622 e. The van der Waals surface area contributed by atoms with E-state index in [1.807, 2.05) is 0 Å². The van der Waals surface area contributed by atoms with Crippen molar-refractivity contribution in [3.8, 4) is 66.8 Å². The van der Waals surface area contributed by atoms with Crippen molar-refractivity contribution >= 4 is 21.5 Å². The predicted octanol–water partition coefficient (Wildman–Crippen LogP) is 14.0. The maximum atomic E-state index is 2.42. The maximum absolute atomic E-state index is 2.42. The molecular weight excluding hydrogens is 601 g/mol. The Morgan fingerprint density at radius 3 is 0.840 bits per heavy atom. The summed E-state index contributed by atoms with van der Waals surface area (Å²) in [6.45, 7) is 0. The normalized spacial score (nSPS) is 11.2. The molecule has 0 aromatic heterocycles. The van der Waals surface area contributed by atoms with E-state index in [9.17, 15) is 0 Å². The minimum absolute atomic E-state index is 1.21. The summed E-state index contributed by atoms with van der Waals surface area (Å²) >= 11 is 0. The van der Waals surface area contributed by atoms with Gasteiger partial charge in [-0.2, -0.15) is 0 Å². The van der Waals surface area contributed by atoms with Gasteiger partial charge in [0.1, 0.15) is 0 Å². The summed E-state index contributed by atoms with van der Waals surface area (Å²) in [6, 6.07) is 74.9. The third-order valence-corrected chi connectivity index (χ3v) is 9.93. The fourth-order valence-electron chi connectivity index (χ4n) is 7.39. The lowest BCUT2D eigenvalue weighted by molar-refractivity contribution is 1.59. The molecule has 0 bridgehead atoms. The average molecular weight is 635 g/mol. The molecule has 0 aliphatic rings. The van der Waals surface area contributed by atoms with E-state index in [1.54, 1.807) is 0 Å². The summed E-state index contributed by atoms with van der Waals surface area (Å²) in [7, 11) is 0. The quantitative estimate of drug-likeness (QED) is 0.160. The summed E-state index contributed by atoms with van der Waals surface area (Å²) in [6.07, 6.45) is 0. The van der Waals surface area contributed by atoms with Gasteiger partial charge in [0.25, 0.3) is 0 Å². The van der Waals surface area contributed by atoms with Crippen LogP contribution in [-0.2, 0) is 0 Å². The van der Waals surface area contributed by atoms with Crippen LogP contribution in [0.5, 0.6) is 0 Å². The number of rotatable bonds is 6. The first-order valence-corrected chi connectivity index (χ1v) is 17.3. The van der Waals surface area contributed by atoms with Gasteiger partial charge in [-0.15, -0.1) is 0 Å². The van der Waals surface area contributed by atoms with Crippen molar-refractivity contribution in [3.63, 3.8) is 0 Å². The van der Waals surface area contributed by atoms with Gasteiger partial charge in [0.15, 0.2) is 0 Å². The van der Waals surface area contributed by atoms with E-state index in [4.69, 9.17) is 0 Å². The molecule has 234 valence electrons. The zero-order chi connectivity index (χ0) is 33.3. The predicted molar refractivity (Wildman–Crippen MR) is 214 cm³/mol. The molecule has 9 rings (SSSR count). The van der Waals surface area contributed by atoms with Crippen molar-refractivity contribution in [3.05, 3.63) is 206 Å². The van der Waals surface area contributed by atoms with E-state index in [2.05, 4.69) is 206 Å². The fourth-order valence-corrected chi connectivity index (χ4v) is 7.39. The SMILES string of the molecule is c1ccc(-c2ccc(-c3cccc4c(-c5ccc(-c6ccccc6)cc5)c5cccc(-c6ccc(-c7ccccc7)cc6)c5cc34)cc2)cc1. The van der Waals surface area contributed by atoms with E-state index in [-0.39, 0.29) is 0 Å². The Balaban J connectivity index is 1.25. The summed E-state index contributed by atoms with van der Waals surface area (Å²) in [5.41, 5.74) is 14.7. The zero-order valence-corrected chi connectivity index (χ0v) is 27.6. The van der Waals surface area contributed by atoms with Crippen LogP contribution in [0.2, 0.25) is 0 Å². The molecule has 0 heterocycles. The third kappa shape index (κ3) is 5.48. The van der Waals surface area contributed by atoms with E-state index in [0.29, 0.717) is 0 Å². The first-order valence-electron chi connectivity index (χ1n) is 17.3. The molecular formula is C50H34. The lowest BCUT2D eigenvalue weighted by atomic mass is 9.85. The van der Waals surface area contributed by atoms with Crippen LogP contribution >= 0.6 is 0 Å². The molecule has 0 atom stereocenters. The molecule has 0 unspecified atom stereocenters. The van der Waals surface area contributed by atoms with Gasteiger partial charge in [0, 0.05) is 0 Å². The Bertz CT molecular complexity index is 2420. The van der Waals surface area contributed by atoms with Gasteiger partial charge in [0.05, 0.1) is 0 Å². The van der Waals surface area contributed by atoms with Gasteiger partial charge in [-0.05, 0) is 94.4 Å². The molecule has 0 fully saturated rings. The van der Waals surface area contributed by atoms with E-state index in [0.717, 1.165) is 0 Å². The number of fused-ring (bicyclic) bond motifs is 2. The highest BCUT2D eigenvalue weighted by atomic mass is 14.2. The second-order valence-electron chi connectivity index (χ2n) is 12.9. The Labute approximate surface area is 293 Å². The molecule has 9 aromatic rings. The highest BCUT2D eigenvalue weighted by molar-refractivity contribution is 6.19. The number of benzene rings is 9. The van der Waals surface area contributed by atoms with Crippen LogP contribution < -0.4 is 0 Å². The third-order valence-electron chi connectivity index (χ3n) is 9.93. The molecule has 9 aromatic carbocycles. The van der Waals surface area contributed by atoms with Gasteiger partial charge in [0.2, 0.25) is 0 Å². The van der Waals surface area contributed by atoms with Crippen molar-refractivity contribution < 1.29 is 0 Å². The maximum Gasteiger partial charge on any atom is -0.00264 e. The first-order chi connectivity index (χ1) is 24.8. The Morgan fingerprint density at radius 2 is 0.480 bits per heavy atom. The Kier molecular flexibility index (Phi) is 7.61. The minimum Gasteiger partial charge on any atom is -0.0622 e. The van der Waals surface area contributed by atoms with Crippen molar-refractivity contribution in [1.82, 2.24) is 0 Å². The standard InChI is InChI=1S/C50H34/c1-4-12-35(13-5-1)38-22-28-41(29-23-38)44-18-10-20-46-48(44)34-49-45(42-30-24-39(25-31-42)36-14-6-2-7-15-36)19-11-21-47(49)50(46)43-32-26-40(27-33-43)37-16-8-3-9-17-37/h1-34H. The molecule has 0 aliphatic carbocycles. The zero-order valence-electron chi connectivity index (χ0n) is 27.6. The highest BCUT2D eigenvalue weighted by Crippen LogP contribution is 2.44. The van der Waals surface area contributed by atoms with Crippen LogP contribution in [0.1, 0.15) is 0 Å². The van der Waals surface area contributed by atoms with Crippen LogP contribution in [-0.4, -0.2) is 0 Å². The smallest absolute Gasteiger partial charge is 0.00264 e. The topological polar surface area (TPSA) is 0 Å². The monoisotopic (exact) mass is 634 g/mol. The minimum atomic E-state index is 1.21. The molecule has 0 N–H and O–H groups in total. The number of hydrogen-bond acceptors (Lipinski definition) is 0.